The van der Waals surface area contributed by atoms with Gasteiger partial charge in [-0.25, -0.2) is 0 Å². The number of aryl methyl sites for hydroxylation is 2. The number of carbonyl (C=O) groups excluding carboxylic acids is 2. The van der Waals surface area contributed by atoms with Gasteiger partial charge >= 0.3 is 6.18 Å². The van der Waals surface area contributed by atoms with Crippen LogP contribution in [-0.4, -0.2) is 54.4 Å². The van der Waals surface area contributed by atoms with Crippen LogP contribution in [0.3, 0.4) is 0 Å². The molecule has 1 fully saturated rings. The second kappa shape index (κ2) is 9.41. The predicted molar refractivity (Wildman–Crippen MR) is 110 cm³/mol. The SMILES string of the molecule is Cc1ccc(OCC(=O)N2CCCN(C(=O)c3ccc(C(F)(F)F)cc3)CC2)cc1C. The van der Waals surface area contributed by atoms with Gasteiger partial charge in [-0.2, -0.15) is 13.2 Å². The van der Waals surface area contributed by atoms with Crippen LogP contribution in [0, 0.1) is 13.8 Å². The third-order valence-electron chi connectivity index (χ3n) is 5.44. The first-order chi connectivity index (χ1) is 14.6. The zero-order valence-electron chi connectivity index (χ0n) is 17.5. The van der Waals surface area contributed by atoms with Crippen LogP contribution in [0.1, 0.15) is 33.5 Å². The Labute approximate surface area is 179 Å². The van der Waals surface area contributed by atoms with Crippen LogP contribution in [0.15, 0.2) is 42.5 Å². The smallest absolute Gasteiger partial charge is 0.416 e. The molecule has 0 bridgehead atoms. The third kappa shape index (κ3) is 5.77. The molecule has 1 aliphatic heterocycles. The van der Waals surface area contributed by atoms with Crippen molar-refractivity contribution in [3.8, 4) is 5.75 Å². The Morgan fingerprint density at radius 2 is 1.55 bits per heavy atom. The lowest BCUT2D eigenvalue weighted by atomic mass is 10.1. The fourth-order valence-electron chi connectivity index (χ4n) is 3.39. The topological polar surface area (TPSA) is 49.9 Å². The summed E-state index contributed by atoms with van der Waals surface area (Å²) in [7, 11) is 0. The number of hydrogen-bond donors (Lipinski definition) is 0. The van der Waals surface area contributed by atoms with Crippen molar-refractivity contribution in [3.05, 3.63) is 64.7 Å². The first-order valence-corrected chi connectivity index (χ1v) is 10.1. The minimum Gasteiger partial charge on any atom is -0.484 e. The summed E-state index contributed by atoms with van der Waals surface area (Å²) in [6.45, 7) is 5.47. The summed E-state index contributed by atoms with van der Waals surface area (Å²) in [6, 6.07) is 9.84. The number of amides is 2. The van der Waals surface area contributed by atoms with E-state index in [0.29, 0.717) is 38.3 Å². The first kappa shape index (κ1) is 22.7. The van der Waals surface area contributed by atoms with Gasteiger partial charge in [-0.3, -0.25) is 9.59 Å². The van der Waals surface area contributed by atoms with Crippen LogP contribution in [-0.2, 0) is 11.0 Å². The summed E-state index contributed by atoms with van der Waals surface area (Å²) in [4.78, 5) is 28.4. The molecule has 0 unspecified atom stereocenters. The highest BCUT2D eigenvalue weighted by Gasteiger charge is 2.30. The number of nitrogens with zero attached hydrogens (tertiary/aromatic N) is 2. The monoisotopic (exact) mass is 434 g/mol. The molecule has 31 heavy (non-hydrogen) atoms. The van der Waals surface area contributed by atoms with E-state index in [-0.39, 0.29) is 24.0 Å². The molecule has 0 radical (unpaired) electrons. The number of carbonyl (C=O) groups is 2. The van der Waals surface area contributed by atoms with E-state index in [0.717, 1.165) is 23.3 Å². The van der Waals surface area contributed by atoms with Crippen LogP contribution < -0.4 is 4.74 Å². The Balaban J connectivity index is 1.55. The van der Waals surface area contributed by atoms with E-state index in [2.05, 4.69) is 0 Å². The van der Waals surface area contributed by atoms with E-state index < -0.39 is 11.7 Å². The maximum Gasteiger partial charge on any atom is 0.416 e. The minimum absolute atomic E-state index is 0.0879. The molecule has 5 nitrogen and oxygen atoms in total. The van der Waals surface area contributed by atoms with Crippen LogP contribution in [0.5, 0.6) is 5.75 Å². The van der Waals surface area contributed by atoms with Crippen molar-refractivity contribution in [3.63, 3.8) is 0 Å². The second-order valence-electron chi connectivity index (χ2n) is 7.64. The van der Waals surface area contributed by atoms with E-state index in [9.17, 15) is 22.8 Å². The Morgan fingerprint density at radius 3 is 2.19 bits per heavy atom. The summed E-state index contributed by atoms with van der Waals surface area (Å²) in [6.07, 6.45) is -3.86. The molecule has 2 amide bonds. The number of benzene rings is 2. The molecule has 2 aromatic rings. The molecule has 0 spiro atoms. The lowest BCUT2D eigenvalue weighted by Gasteiger charge is -2.22. The molecule has 2 aromatic carbocycles. The van der Waals surface area contributed by atoms with Crippen molar-refractivity contribution in [2.24, 2.45) is 0 Å². The zero-order chi connectivity index (χ0) is 22.6. The highest BCUT2D eigenvalue weighted by Crippen LogP contribution is 2.29. The molecular formula is C23H25F3N2O3. The fourth-order valence-corrected chi connectivity index (χ4v) is 3.39. The molecule has 0 aliphatic carbocycles. The van der Waals surface area contributed by atoms with Crippen molar-refractivity contribution in [2.45, 2.75) is 26.4 Å². The van der Waals surface area contributed by atoms with Gasteiger partial charge in [0.25, 0.3) is 11.8 Å². The van der Waals surface area contributed by atoms with Gasteiger partial charge in [0.15, 0.2) is 6.61 Å². The first-order valence-electron chi connectivity index (χ1n) is 10.1. The minimum atomic E-state index is -4.44. The maximum atomic E-state index is 12.7. The van der Waals surface area contributed by atoms with Crippen molar-refractivity contribution in [1.82, 2.24) is 9.80 Å². The molecule has 1 aliphatic rings. The van der Waals surface area contributed by atoms with Gasteiger partial charge in [0.05, 0.1) is 5.56 Å². The molecule has 1 heterocycles. The number of ether oxygens (including phenoxy) is 1. The van der Waals surface area contributed by atoms with Crippen molar-refractivity contribution in [2.75, 3.05) is 32.8 Å². The van der Waals surface area contributed by atoms with Crippen LogP contribution in [0.25, 0.3) is 0 Å². The van der Waals surface area contributed by atoms with Gasteiger partial charge in [0.2, 0.25) is 0 Å². The maximum absolute atomic E-state index is 12.7. The quantitative estimate of drug-likeness (QED) is 0.729. The summed E-state index contributed by atoms with van der Waals surface area (Å²) in [5.41, 5.74) is 1.63. The van der Waals surface area contributed by atoms with Crippen molar-refractivity contribution >= 4 is 11.8 Å². The summed E-state index contributed by atoms with van der Waals surface area (Å²) in [5.74, 6) is 0.127. The number of halogens is 3. The fraction of sp³-hybridized carbons (Fsp3) is 0.391. The number of hydrogen-bond acceptors (Lipinski definition) is 3. The van der Waals surface area contributed by atoms with E-state index in [1.165, 1.54) is 12.1 Å². The molecule has 1 saturated heterocycles. The molecule has 0 atom stereocenters. The molecule has 0 N–H and O–H groups in total. The van der Waals surface area contributed by atoms with Gasteiger partial charge in [-0.1, -0.05) is 6.07 Å². The number of alkyl halides is 3. The average Bonchev–Trinajstić information content (AvgIpc) is 3.00. The second-order valence-corrected chi connectivity index (χ2v) is 7.64. The third-order valence-corrected chi connectivity index (χ3v) is 5.44. The Hall–Kier alpha value is -3.03. The van der Waals surface area contributed by atoms with Gasteiger partial charge < -0.3 is 14.5 Å². The van der Waals surface area contributed by atoms with Crippen LogP contribution in [0.4, 0.5) is 13.2 Å². The van der Waals surface area contributed by atoms with E-state index >= 15 is 0 Å². The van der Waals surface area contributed by atoms with Gasteiger partial charge in [-0.15, -0.1) is 0 Å². The molecule has 0 aromatic heterocycles. The Bertz CT molecular complexity index is 942. The average molecular weight is 434 g/mol. The van der Waals surface area contributed by atoms with Crippen LogP contribution in [0.2, 0.25) is 0 Å². The van der Waals surface area contributed by atoms with Crippen LogP contribution >= 0.6 is 0 Å². The Morgan fingerprint density at radius 1 is 0.903 bits per heavy atom. The molecule has 3 rings (SSSR count). The number of rotatable bonds is 4. The largest absolute Gasteiger partial charge is 0.484 e. The van der Waals surface area contributed by atoms with Gasteiger partial charge in [0, 0.05) is 31.7 Å². The van der Waals surface area contributed by atoms with E-state index in [4.69, 9.17) is 4.74 Å². The molecular weight excluding hydrogens is 409 g/mol. The molecule has 166 valence electrons. The summed E-state index contributed by atoms with van der Waals surface area (Å²) >= 11 is 0. The molecule has 8 heteroatoms. The predicted octanol–water partition coefficient (Wildman–Crippen LogP) is 4.08. The van der Waals surface area contributed by atoms with Gasteiger partial charge in [-0.05, 0) is 67.8 Å². The Kier molecular flexibility index (Phi) is 6.87. The lowest BCUT2D eigenvalue weighted by molar-refractivity contribution is -0.137. The standard InChI is InChI=1S/C23H25F3N2O3/c1-16-4-9-20(14-17(16)2)31-15-21(29)27-10-3-11-28(13-12-27)22(30)18-5-7-19(8-6-18)23(24,25)26/h4-9,14H,3,10-13,15H2,1-2H3. The lowest BCUT2D eigenvalue weighted by Crippen LogP contribution is -2.39. The van der Waals surface area contributed by atoms with Crippen molar-refractivity contribution in [1.29, 1.82) is 0 Å². The van der Waals surface area contributed by atoms with Crippen molar-refractivity contribution < 1.29 is 27.5 Å². The highest BCUT2D eigenvalue weighted by atomic mass is 19.4. The highest BCUT2D eigenvalue weighted by molar-refractivity contribution is 5.94. The normalized spacial score (nSPS) is 14.9. The molecule has 0 saturated carbocycles. The summed E-state index contributed by atoms with van der Waals surface area (Å²) in [5, 5.41) is 0. The van der Waals surface area contributed by atoms with E-state index in [1.807, 2.05) is 32.0 Å². The van der Waals surface area contributed by atoms with E-state index in [1.54, 1.807) is 9.80 Å². The zero-order valence-corrected chi connectivity index (χ0v) is 17.5. The summed E-state index contributed by atoms with van der Waals surface area (Å²) < 4.78 is 43.8. The van der Waals surface area contributed by atoms with Gasteiger partial charge in [0.1, 0.15) is 5.75 Å².